The number of aryl methyl sites for hydroxylation is 1. The van der Waals surface area contributed by atoms with Crippen LogP contribution in [0.15, 0.2) is 35.6 Å². The molecule has 0 unspecified atom stereocenters. The minimum atomic E-state index is 0. The van der Waals surface area contributed by atoms with Gasteiger partial charge in [-0.15, -0.1) is 24.0 Å². The van der Waals surface area contributed by atoms with E-state index in [0.29, 0.717) is 19.5 Å². The van der Waals surface area contributed by atoms with E-state index >= 15 is 0 Å². The topological polar surface area (TPSA) is 78.7 Å². The van der Waals surface area contributed by atoms with Crippen LogP contribution in [0.3, 0.4) is 0 Å². The van der Waals surface area contributed by atoms with Crippen LogP contribution < -0.4 is 10.2 Å². The van der Waals surface area contributed by atoms with Crippen molar-refractivity contribution >= 4 is 41.5 Å². The van der Waals surface area contributed by atoms with Crippen molar-refractivity contribution in [3.63, 3.8) is 0 Å². The van der Waals surface area contributed by atoms with E-state index in [0.717, 1.165) is 36.9 Å². The van der Waals surface area contributed by atoms with Gasteiger partial charge in [-0.3, -0.25) is 14.5 Å². The number of anilines is 1. The minimum absolute atomic E-state index is 0. The Morgan fingerprint density at radius 3 is 2.86 bits per heavy atom. The Bertz CT molecular complexity index is 820. The maximum Gasteiger partial charge on any atom is 0.227 e. The molecule has 3 rings (SSSR count). The molecule has 1 aliphatic heterocycles. The largest absolute Gasteiger partial charge is 0.356 e. The van der Waals surface area contributed by atoms with Gasteiger partial charge in [0.1, 0.15) is 12.2 Å². The van der Waals surface area contributed by atoms with Gasteiger partial charge in [-0.1, -0.05) is 18.2 Å². The number of rotatable bonds is 6. The fourth-order valence-electron chi connectivity index (χ4n) is 3.31. The van der Waals surface area contributed by atoms with Gasteiger partial charge in [-0.25, -0.2) is 4.98 Å². The van der Waals surface area contributed by atoms with E-state index in [4.69, 9.17) is 0 Å². The van der Waals surface area contributed by atoms with E-state index in [1.165, 1.54) is 5.56 Å². The number of aliphatic imine (C=N–C) groups is 1. The molecule has 1 aromatic heterocycles. The first-order valence-electron chi connectivity index (χ1n) is 9.23. The van der Waals surface area contributed by atoms with Crippen LogP contribution >= 0.6 is 24.0 Å². The summed E-state index contributed by atoms with van der Waals surface area (Å²) in [6.07, 6.45) is 3.76. The summed E-state index contributed by atoms with van der Waals surface area (Å²) in [5.74, 6) is 1.82. The number of guanidine groups is 1. The second-order valence-electron chi connectivity index (χ2n) is 6.66. The van der Waals surface area contributed by atoms with Crippen molar-refractivity contribution < 1.29 is 4.79 Å². The predicted octanol–water partition coefficient (Wildman–Crippen LogP) is 1.81. The first-order chi connectivity index (χ1) is 13.1. The molecule has 8 nitrogen and oxygen atoms in total. The van der Waals surface area contributed by atoms with Crippen LogP contribution in [0.25, 0.3) is 0 Å². The Morgan fingerprint density at radius 2 is 2.14 bits per heavy atom. The fraction of sp³-hybridized carbons (Fsp3) is 0.474. The Hall–Kier alpha value is -2.17. The van der Waals surface area contributed by atoms with Crippen molar-refractivity contribution in [2.45, 2.75) is 25.8 Å². The fourth-order valence-corrected chi connectivity index (χ4v) is 3.31. The molecule has 0 spiro atoms. The number of carbonyl (C=O) groups is 1. The highest BCUT2D eigenvalue weighted by Crippen LogP contribution is 2.27. The van der Waals surface area contributed by atoms with Gasteiger partial charge >= 0.3 is 0 Å². The van der Waals surface area contributed by atoms with Crippen LogP contribution in [0, 0.1) is 0 Å². The van der Waals surface area contributed by atoms with Crippen LogP contribution in [-0.4, -0.2) is 58.7 Å². The van der Waals surface area contributed by atoms with Gasteiger partial charge in [0.25, 0.3) is 0 Å². The maximum atomic E-state index is 12.5. The van der Waals surface area contributed by atoms with Crippen molar-refractivity contribution in [3.8, 4) is 0 Å². The summed E-state index contributed by atoms with van der Waals surface area (Å²) in [7, 11) is 5.58. The monoisotopic (exact) mass is 497 g/mol. The maximum absolute atomic E-state index is 12.5. The molecule has 28 heavy (non-hydrogen) atoms. The standard InChI is InChI=1S/C19H27N7O.HI/c1-20-19(24(2)13-17-22-14-23-25(17)3)21-11-6-9-18(27)26-12-10-15-7-4-5-8-16(15)26;/h4-5,7-8,14H,6,9-13H2,1-3H3,(H,20,21);1H. The molecule has 1 amide bonds. The molecule has 1 N–H and O–H groups in total. The van der Waals surface area contributed by atoms with Crippen molar-refractivity contribution in [2.24, 2.45) is 12.0 Å². The average Bonchev–Trinajstić information content (AvgIpc) is 3.28. The second kappa shape index (κ2) is 10.4. The number of aromatic nitrogens is 3. The third-order valence-electron chi connectivity index (χ3n) is 4.80. The summed E-state index contributed by atoms with van der Waals surface area (Å²) < 4.78 is 1.75. The normalized spacial score (nSPS) is 13.1. The quantitative estimate of drug-likeness (QED) is 0.285. The highest BCUT2D eigenvalue weighted by Gasteiger charge is 2.23. The van der Waals surface area contributed by atoms with Crippen molar-refractivity contribution in [2.75, 3.05) is 32.1 Å². The SMILES string of the molecule is CN=C(NCCCC(=O)N1CCc2ccccc21)N(C)Cc1ncnn1C.I. The molecule has 1 aliphatic rings. The molecule has 1 aromatic carbocycles. The second-order valence-corrected chi connectivity index (χ2v) is 6.66. The van der Waals surface area contributed by atoms with Crippen LogP contribution in [0.2, 0.25) is 0 Å². The molecule has 0 radical (unpaired) electrons. The van der Waals surface area contributed by atoms with Gasteiger partial charge in [0.15, 0.2) is 5.96 Å². The van der Waals surface area contributed by atoms with Gasteiger partial charge in [0.05, 0.1) is 6.54 Å². The molecule has 0 saturated carbocycles. The zero-order valence-corrected chi connectivity index (χ0v) is 19.0. The Labute approximate surface area is 183 Å². The van der Waals surface area contributed by atoms with Gasteiger partial charge in [-0.05, 0) is 24.5 Å². The van der Waals surface area contributed by atoms with Gasteiger partial charge in [0, 0.05) is 46.3 Å². The first kappa shape index (κ1) is 22.1. The molecular formula is C19H28IN7O. The van der Waals surface area contributed by atoms with Crippen LogP contribution in [0.4, 0.5) is 5.69 Å². The molecular weight excluding hydrogens is 469 g/mol. The number of fused-ring (bicyclic) bond motifs is 1. The van der Waals surface area contributed by atoms with Crippen molar-refractivity contribution in [1.82, 2.24) is 25.0 Å². The lowest BCUT2D eigenvalue weighted by molar-refractivity contribution is -0.118. The Balaban J connectivity index is 0.00000280. The number of amides is 1. The molecule has 152 valence electrons. The van der Waals surface area contributed by atoms with Gasteiger partial charge in [0.2, 0.25) is 5.91 Å². The minimum Gasteiger partial charge on any atom is -0.356 e. The number of benzene rings is 1. The third-order valence-corrected chi connectivity index (χ3v) is 4.80. The van der Waals surface area contributed by atoms with Gasteiger partial charge < -0.3 is 15.1 Å². The first-order valence-corrected chi connectivity index (χ1v) is 9.23. The van der Waals surface area contributed by atoms with E-state index in [9.17, 15) is 4.79 Å². The van der Waals surface area contributed by atoms with E-state index in [2.05, 4.69) is 26.5 Å². The van der Waals surface area contributed by atoms with E-state index in [1.54, 1.807) is 18.1 Å². The van der Waals surface area contributed by atoms with E-state index < -0.39 is 0 Å². The number of nitrogens with zero attached hydrogens (tertiary/aromatic N) is 6. The van der Waals surface area contributed by atoms with Crippen LogP contribution in [0.1, 0.15) is 24.2 Å². The lowest BCUT2D eigenvalue weighted by atomic mass is 10.2. The van der Waals surface area contributed by atoms with Crippen LogP contribution in [0.5, 0.6) is 0 Å². The molecule has 9 heteroatoms. The van der Waals surface area contributed by atoms with E-state index in [1.807, 2.05) is 42.1 Å². The van der Waals surface area contributed by atoms with E-state index in [-0.39, 0.29) is 29.9 Å². The number of halogens is 1. The average molecular weight is 497 g/mol. The molecule has 0 fully saturated rings. The summed E-state index contributed by atoms with van der Waals surface area (Å²) in [5.41, 5.74) is 2.32. The zero-order valence-electron chi connectivity index (χ0n) is 16.6. The third kappa shape index (κ3) is 5.21. The molecule has 0 atom stereocenters. The number of hydrogen-bond acceptors (Lipinski definition) is 4. The molecule has 2 aromatic rings. The highest BCUT2D eigenvalue weighted by molar-refractivity contribution is 14.0. The number of nitrogens with one attached hydrogen (secondary N) is 1. The number of hydrogen-bond donors (Lipinski definition) is 1. The Morgan fingerprint density at radius 1 is 1.36 bits per heavy atom. The predicted molar refractivity (Wildman–Crippen MR) is 121 cm³/mol. The summed E-state index contributed by atoms with van der Waals surface area (Å²) in [4.78, 5) is 25.0. The summed E-state index contributed by atoms with van der Waals surface area (Å²) in [6, 6.07) is 8.14. The lowest BCUT2D eigenvalue weighted by Gasteiger charge is -2.22. The number of carbonyl (C=O) groups excluding carboxylic acids is 1. The lowest BCUT2D eigenvalue weighted by Crippen LogP contribution is -2.39. The number of para-hydroxylation sites is 1. The molecule has 0 bridgehead atoms. The Kier molecular flexibility index (Phi) is 8.21. The van der Waals surface area contributed by atoms with Crippen molar-refractivity contribution in [3.05, 3.63) is 42.0 Å². The zero-order chi connectivity index (χ0) is 19.2. The summed E-state index contributed by atoms with van der Waals surface area (Å²) in [6.45, 7) is 2.09. The molecule has 0 saturated heterocycles. The summed E-state index contributed by atoms with van der Waals surface area (Å²) in [5, 5.41) is 7.39. The highest BCUT2D eigenvalue weighted by atomic mass is 127. The van der Waals surface area contributed by atoms with Gasteiger partial charge in [-0.2, -0.15) is 5.10 Å². The summed E-state index contributed by atoms with van der Waals surface area (Å²) >= 11 is 0. The van der Waals surface area contributed by atoms with Crippen LogP contribution in [-0.2, 0) is 24.8 Å². The smallest absolute Gasteiger partial charge is 0.227 e. The molecule has 0 aliphatic carbocycles. The van der Waals surface area contributed by atoms with Crippen molar-refractivity contribution in [1.29, 1.82) is 0 Å². The molecule has 2 heterocycles.